The number of primary sulfonamides is 1. The second kappa shape index (κ2) is 7.88. The Labute approximate surface area is 198 Å². The Bertz CT molecular complexity index is 1270. The van der Waals surface area contributed by atoms with Crippen molar-refractivity contribution in [2.75, 3.05) is 0 Å². The Morgan fingerprint density at radius 2 is 1.91 bits per heavy atom. The number of phenolic OH excluding ortho intramolecular Hbond substituents is 3. The van der Waals surface area contributed by atoms with E-state index in [9.17, 15) is 28.5 Å². The minimum Gasteiger partial charge on any atom is -0.504 e. The van der Waals surface area contributed by atoms with Crippen LogP contribution in [0.5, 0.6) is 17.2 Å². The molecule has 0 amide bonds. The molecule has 2 saturated carbocycles. The number of hydrogen-bond donors (Lipinski definition) is 4. The van der Waals surface area contributed by atoms with Crippen LogP contribution in [0.15, 0.2) is 35.2 Å². The molecule has 0 spiro atoms. The van der Waals surface area contributed by atoms with Crippen molar-refractivity contribution < 1.29 is 33.3 Å². The smallest absolute Gasteiger partial charge is 0.338 e. The van der Waals surface area contributed by atoms with E-state index in [1.165, 1.54) is 24.3 Å². The first kappa shape index (κ1) is 23.0. The van der Waals surface area contributed by atoms with Gasteiger partial charge in [-0.1, -0.05) is 13.0 Å². The summed E-state index contributed by atoms with van der Waals surface area (Å²) in [4.78, 5) is 12.7. The molecule has 3 aliphatic rings. The molecule has 0 radical (unpaired) electrons. The lowest BCUT2D eigenvalue weighted by Crippen LogP contribution is -2.39. The Morgan fingerprint density at radius 1 is 1.15 bits per heavy atom. The SMILES string of the molecule is C[C@]12CCC3c4c(cc(O)c(O)c4O)CCC3C1C[C@@H](OC(=O)c1cccc(S(N)(=O)=O)c1)C2. The van der Waals surface area contributed by atoms with Gasteiger partial charge in [0, 0.05) is 5.56 Å². The minimum absolute atomic E-state index is 0.0132. The van der Waals surface area contributed by atoms with E-state index in [0.29, 0.717) is 12.8 Å². The first-order valence-corrected chi connectivity index (χ1v) is 13.1. The van der Waals surface area contributed by atoms with Crippen molar-refractivity contribution in [3.63, 3.8) is 0 Å². The molecule has 182 valence electrons. The van der Waals surface area contributed by atoms with Crippen LogP contribution in [0.3, 0.4) is 0 Å². The number of hydrogen-bond acceptors (Lipinski definition) is 7. The molecule has 2 fully saturated rings. The summed E-state index contributed by atoms with van der Waals surface area (Å²) < 4.78 is 29.1. The largest absolute Gasteiger partial charge is 0.504 e. The summed E-state index contributed by atoms with van der Waals surface area (Å²) in [5.74, 6) is -0.916. The van der Waals surface area contributed by atoms with Crippen molar-refractivity contribution in [2.24, 2.45) is 22.4 Å². The number of phenols is 3. The van der Waals surface area contributed by atoms with E-state index < -0.39 is 21.7 Å². The van der Waals surface area contributed by atoms with Crippen LogP contribution in [-0.4, -0.2) is 35.8 Å². The number of sulfonamides is 1. The molecule has 3 unspecified atom stereocenters. The summed E-state index contributed by atoms with van der Waals surface area (Å²) in [7, 11) is -3.92. The summed E-state index contributed by atoms with van der Waals surface area (Å²) in [6, 6.07) is 7.12. The normalized spacial score (nSPS) is 30.2. The second-order valence-electron chi connectivity index (χ2n) is 10.3. The van der Waals surface area contributed by atoms with Gasteiger partial charge in [0.05, 0.1) is 10.5 Å². The molecule has 0 aromatic heterocycles. The highest BCUT2D eigenvalue weighted by atomic mass is 32.2. The van der Waals surface area contributed by atoms with Crippen molar-refractivity contribution in [1.82, 2.24) is 0 Å². The Balaban J connectivity index is 1.36. The van der Waals surface area contributed by atoms with Crippen molar-refractivity contribution in [2.45, 2.75) is 62.4 Å². The highest BCUT2D eigenvalue weighted by Gasteiger charge is 2.54. The molecule has 5 N–H and O–H groups in total. The Morgan fingerprint density at radius 3 is 2.65 bits per heavy atom. The zero-order valence-electron chi connectivity index (χ0n) is 18.9. The number of esters is 1. The number of aromatic hydroxyl groups is 3. The molecule has 2 aromatic carbocycles. The fourth-order valence-electron chi connectivity index (χ4n) is 6.81. The van der Waals surface area contributed by atoms with Crippen molar-refractivity contribution in [1.29, 1.82) is 0 Å². The zero-order chi connectivity index (χ0) is 24.4. The van der Waals surface area contributed by atoms with Crippen molar-refractivity contribution in [3.8, 4) is 17.2 Å². The number of fused-ring (bicyclic) bond motifs is 5. The van der Waals surface area contributed by atoms with Crippen LogP contribution < -0.4 is 5.14 Å². The number of benzene rings is 2. The summed E-state index contributed by atoms with van der Waals surface area (Å²) in [5, 5.41) is 35.8. The lowest BCUT2D eigenvalue weighted by atomic mass is 9.56. The van der Waals surface area contributed by atoms with Gasteiger partial charge in [0.25, 0.3) is 0 Å². The number of carbonyl (C=O) groups is 1. The van der Waals surface area contributed by atoms with Gasteiger partial charge in [-0.3, -0.25) is 0 Å². The van der Waals surface area contributed by atoms with E-state index in [-0.39, 0.29) is 51.2 Å². The molecule has 8 nitrogen and oxygen atoms in total. The Hall–Kier alpha value is -2.78. The minimum atomic E-state index is -3.92. The first-order chi connectivity index (χ1) is 16.0. The molecule has 34 heavy (non-hydrogen) atoms. The van der Waals surface area contributed by atoms with Gasteiger partial charge in [0.2, 0.25) is 15.8 Å². The summed E-state index contributed by atoms with van der Waals surface area (Å²) in [6.07, 6.45) is 4.48. The third-order valence-electron chi connectivity index (χ3n) is 8.33. The highest BCUT2D eigenvalue weighted by molar-refractivity contribution is 7.89. The average molecular weight is 488 g/mol. The molecule has 0 bridgehead atoms. The standard InChI is InChI=1S/C25H29NO7S/c1-25-8-7-18-17(6-5-13-10-20(27)22(28)23(29)21(13)18)19(25)11-15(12-25)33-24(30)14-3-2-4-16(9-14)34(26,31)32/h2-4,9-10,15,17-19,27-29H,5-8,11-12H2,1H3,(H2,26,31,32)/t15-,17?,18?,19?,25-/m1/s1. The van der Waals surface area contributed by atoms with E-state index in [1.54, 1.807) is 6.07 Å². The summed E-state index contributed by atoms with van der Waals surface area (Å²) in [5.41, 5.74) is 1.76. The van der Waals surface area contributed by atoms with Crippen LogP contribution in [0.25, 0.3) is 0 Å². The van der Waals surface area contributed by atoms with Crippen LogP contribution in [0.4, 0.5) is 0 Å². The van der Waals surface area contributed by atoms with E-state index in [1.807, 2.05) is 0 Å². The molecule has 9 heteroatoms. The van der Waals surface area contributed by atoms with Gasteiger partial charge in [-0.15, -0.1) is 0 Å². The van der Waals surface area contributed by atoms with E-state index in [2.05, 4.69) is 6.92 Å². The van der Waals surface area contributed by atoms with Gasteiger partial charge in [-0.05, 0) is 91.5 Å². The van der Waals surface area contributed by atoms with E-state index in [4.69, 9.17) is 9.88 Å². The third-order valence-corrected chi connectivity index (χ3v) is 9.25. The topological polar surface area (TPSA) is 147 Å². The van der Waals surface area contributed by atoms with Gasteiger partial charge in [0.15, 0.2) is 11.5 Å². The molecule has 0 heterocycles. The van der Waals surface area contributed by atoms with Crippen molar-refractivity contribution >= 4 is 16.0 Å². The van der Waals surface area contributed by atoms with Crippen LogP contribution in [0.1, 0.15) is 66.4 Å². The predicted molar refractivity (Wildman–Crippen MR) is 123 cm³/mol. The second-order valence-corrected chi connectivity index (χ2v) is 11.9. The monoisotopic (exact) mass is 487 g/mol. The number of aryl methyl sites for hydroxylation is 1. The molecule has 0 saturated heterocycles. The van der Waals surface area contributed by atoms with Gasteiger partial charge in [-0.25, -0.2) is 18.4 Å². The maximum Gasteiger partial charge on any atom is 0.338 e. The number of ether oxygens (including phenoxy) is 1. The number of carbonyl (C=O) groups excluding carboxylic acids is 1. The first-order valence-electron chi connectivity index (χ1n) is 11.6. The van der Waals surface area contributed by atoms with Crippen LogP contribution >= 0.6 is 0 Å². The molecule has 2 aromatic rings. The predicted octanol–water partition coefficient (Wildman–Crippen LogP) is 3.53. The van der Waals surface area contributed by atoms with E-state index >= 15 is 0 Å². The Kier molecular flexibility index (Phi) is 5.33. The number of rotatable bonds is 3. The highest BCUT2D eigenvalue weighted by Crippen LogP contribution is 2.63. The molecular weight excluding hydrogens is 458 g/mol. The zero-order valence-corrected chi connectivity index (χ0v) is 19.7. The summed E-state index contributed by atoms with van der Waals surface area (Å²) in [6.45, 7) is 2.23. The third kappa shape index (κ3) is 3.71. The van der Waals surface area contributed by atoms with Gasteiger partial charge >= 0.3 is 5.97 Å². The van der Waals surface area contributed by atoms with Gasteiger partial charge in [0.1, 0.15) is 6.10 Å². The fraction of sp³-hybridized carbons (Fsp3) is 0.480. The number of nitrogens with two attached hydrogens (primary N) is 1. The van der Waals surface area contributed by atoms with Crippen molar-refractivity contribution in [3.05, 3.63) is 47.0 Å². The quantitative estimate of drug-likeness (QED) is 0.382. The average Bonchev–Trinajstić information content (AvgIpc) is 3.12. The molecule has 0 aliphatic heterocycles. The molecular formula is C25H29NO7S. The van der Waals surface area contributed by atoms with Crippen LogP contribution in [0.2, 0.25) is 0 Å². The fourth-order valence-corrected chi connectivity index (χ4v) is 7.37. The van der Waals surface area contributed by atoms with Gasteiger partial charge < -0.3 is 20.1 Å². The lowest BCUT2D eigenvalue weighted by molar-refractivity contribution is 0.0290. The molecule has 3 aliphatic carbocycles. The van der Waals surface area contributed by atoms with Gasteiger partial charge in [-0.2, -0.15) is 0 Å². The molecule has 5 rings (SSSR count). The van der Waals surface area contributed by atoms with Crippen LogP contribution in [-0.2, 0) is 21.2 Å². The molecule has 5 atom stereocenters. The summed E-state index contributed by atoms with van der Waals surface area (Å²) >= 11 is 0. The lowest BCUT2D eigenvalue weighted by Gasteiger charge is -2.49. The van der Waals surface area contributed by atoms with Crippen LogP contribution in [0, 0.1) is 17.3 Å². The van der Waals surface area contributed by atoms with E-state index in [0.717, 1.165) is 36.8 Å². The maximum absolute atomic E-state index is 12.8. The maximum atomic E-state index is 12.8.